The van der Waals surface area contributed by atoms with Gasteiger partial charge in [-0.2, -0.15) is 0 Å². The molecule has 7 heteroatoms. The molecular weight excluding hydrogens is 401 g/mol. The fraction of sp³-hybridized carbons (Fsp3) is 0.333. The lowest BCUT2D eigenvalue weighted by atomic mass is 10.2. The molecule has 1 amide bonds. The lowest BCUT2D eigenvalue weighted by Gasteiger charge is -2.17. The van der Waals surface area contributed by atoms with Crippen LogP contribution in [0.1, 0.15) is 37.6 Å². The van der Waals surface area contributed by atoms with Crippen molar-refractivity contribution < 1.29 is 18.7 Å². The average molecular weight is 424 g/mol. The van der Waals surface area contributed by atoms with E-state index in [1.165, 1.54) is 17.8 Å². The van der Waals surface area contributed by atoms with Crippen molar-refractivity contribution in [1.29, 1.82) is 0 Å². The van der Waals surface area contributed by atoms with Crippen molar-refractivity contribution in [1.82, 2.24) is 0 Å². The third-order valence-corrected chi connectivity index (χ3v) is 5.59. The van der Waals surface area contributed by atoms with E-state index in [-0.39, 0.29) is 22.6 Å². The fourth-order valence-corrected chi connectivity index (χ4v) is 3.57. The number of amides is 1. The summed E-state index contributed by atoms with van der Waals surface area (Å²) < 4.78 is 19.6. The maximum absolute atomic E-state index is 14.3. The molecule has 0 heterocycles. The molecule has 0 saturated heterocycles. The van der Waals surface area contributed by atoms with Gasteiger partial charge in [0.2, 0.25) is 0 Å². The molecule has 0 spiro atoms. The number of hydrogen-bond acceptors (Lipinski definition) is 4. The molecule has 0 aliphatic carbocycles. The van der Waals surface area contributed by atoms with E-state index in [1.54, 1.807) is 30.3 Å². The van der Waals surface area contributed by atoms with Gasteiger partial charge in [-0.05, 0) is 36.6 Å². The van der Waals surface area contributed by atoms with Crippen molar-refractivity contribution in [3.8, 4) is 0 Å². The molecule has 28 heavy (non-hydrogen) atoms. The molecule has 4 nitrogen and oxygen atoms in total. The van der Waals surface area contributed by atoms with Gasteiger partial charge in [-0.25, -0.2) is 4.39 Å². The van der Waals surface area contributed by atoms with Gasteiger partial charge in [0.15, 0.2) is 0 Å². The van der Waals surface area contributed by atoms with Crippen LogP contribution >= 0.6 is 23.4 Å². The van der Waals surface area contributed by atoms with Gasteiger partial charge in [0, 0.05) is 10.5 Å². The van der Waals surface area contributed by atoms with E-state index in [0.29, 0.717) is 23.5 Å². The van der Waals surface area contributed by atoms with Gasteiger partial charge < -0.3 is 10.1 Å². The summed E-state index contributed by atoms with van der Waals surface area (Å²) in [7, 11) is 0. The summed E-state index contributed by atoms with van der Waals surface area (Å²) in [6.45, 7) is 6.12. The number of anilines is 1. The van der Waals surface area contributed by atoms with Gasteiger partial charge in [-0.15, -0.1) is 11.8 Å². The molecule has 2 rings (SSSR count). The summed E-state index contributed by atoms with van der Waals surface area (Å²) in [5, 5.41) is 2.26. The number of carbonyl (C=O) groups excluding carboxylic acids is 2. The van der Waals surface area contributed by atoms with Crippen molar-refractivity contribution in [3.05, 3.63) is 58.9 Å². The number of benzene rings is 2. The Morgan fingerprint density at radius 3 is 2.50 bits per heavy atom. The first kappa shape index (κ1) is 22.2. The smallest absolute Gasteiger partial charge is 0.319 e. The molecule has 2 aromatic rings. The summed E-state index contributed by atoms with van der Waals surface area (Å²) >= 11 is 7.36. The Morgan fingerprint density at radius 1 is 1.21 bits per heavy atom. The lowest BCUT2D eigenvalue weighted by molar-refractivity contribution is -0.144. The van der Waals surface area contributed by atoms with Gasteiger partial charge in [0.25, 0.3) is 5.91 Å². The van der Waals surface area contributed by atoms with Gasteiger partial charge in [-0.3, -0.25) is 9.59 Å². The SMILES string of the molecule is CCC(Sc1cc(NC(=O)c2ccccc2)c(F)cc1Cl)C(=O)OCC(C)C. The Hall–Kier alpha value is -2.05. The van der Waals surface area contributed by atoms with Crippen molar-refractivity contribution >= 4 is 40.9 Å². The number of thioether (sulfide) groups is 1. The molecule has 0 saturated carbocycles. The van der Waals surface area contributed by atoms with E-state index in [9.17, 15) is 14.0 Å². The molecule has 0 fully saturated rings. The maximum Gasteiger partial charge on any atom is 0.319 e. The van der Waals surface area contributed by atoms with E-state index in [0.717, 1.165) is 6.07 Å². The van der Waals surface area contributed by atoms with Gasteiger partial charge >= 0.3 is 5.97 Å². The quantitative estimate of drug-likeness (QED) is 0.430. The Morgan fingerprint density at radius 2 is 1.89 bits per heavy atom. The van der Waals surface area contributed by atoms with Crippen LogP contribution in [0.5, 0.6) is 0 Å². The second-order valence-corrected chi connectivity index (χ2v) is 8.27. The predicted molar refractivity (Wildman–Crippen MR) is 112 cm³/mol. The zero-order valence-corrected chi connectivity index (χ0v) is 17.6. The second-order valence-electron chi connectivity index (χ2n) is 6.62. The molecule has 0 aliphatic rings. The summed E-state index contributed by atoms with van der Waals surface area (Å²) in [4.78, 5) is 25.1. The van der Waals surface area contributed by atoms with Crippen LogP contribution in [0.3, 0.4) is 0 Å². The largest absolute Gasteiger partial charge is 0.465 e. The van der Waals surface area contributed by atoms with Crippen LogP contribution in [0, 0.1) is 11.7 Å². The minimum absolute atomic E-state index is 0.00570. The van der Waals surface area contributed by atoms with Crippen molar-refractivity contribution in [2.75, 3.05) is 11.9 Å². The summed E-state index contributed by atoms with van der Waals surface area (Å²) in [5.74, 6) is -1.17. The number of carbonyl (C=O) groups is 2. The Labute approximate surface area is 173 Å². The highest BCUT2D eigenvalue weighted by atomic mass is 35.5. The highest BCUT2D eigenvalue weighted by molar-refractivity contribution is 8.00. The van der Waals surface area contributed by atoms with E-state index in [4.69, 9.17) is 16.3 Å². The van der Waals surface area contributed by atoms with Crippen LogP contribution in [-0.4, -0.2) is 23.7 Å². The van der Waals surface area contributed by atoms with Crippen LogP contribution in [0.2, 0.25) is 5.02 Å². The monoisotopic (exact) mass is 423 g/mol. The first-order chi connectivity index (χ1) is 13.3. The number of esters is 1. The second kappa shape index (κ2) is 10.5. The normalized spacial score (nSPS) is 11.9. The molecule has 0 radical (unpaired) electrons. The third-order valence-electron chi connectivity index (χ3n) is 3.77. The third kappa shape index (κ3) is 6.24. The predicted octanol–water partition coefficient (Wildman–Crippen LogP) is 5.80. The van der Waals surface area contributed by atoms with Crippen LogP contribution in [0.25, 0.3) is 0 Å². The van der Waals surface area contributed by atoms with Crippen molar-refractivity contribution in [3.63, 3.8) is 0 Å². The van der Waals surface area contributed by atoms with Crippen molar-refractivity contribution in [2.24, 2.45) is 5.92 Å². The van der Waals surface area contributed by atoms with Gasteiger partial charge in [0.1, 0.15) is 11.1 Å². The number of rotatable bonds is 8. The zero-order chi connectivity index (χ0) is 20.7. The highest BCUT2D eigenvalue weighted by Gasteiger charge is 2.22. The Bertz CT molecular complexity index is 830. The zero-order valence-electron chi connectivity index (χ0n) is 16.0. The molecule has 0 bridgehead atoms. The number of nitrogens with one attached hydrogen (secondary N) is 1. The molecule has 0 aliphatic heterocycles. The molecule has 0 aromatic heterocycles. The average Bonchev–Trinajstić information content (AvgIpc) is 2.67. The molecule has 1 N–H and O–H groups in total. The van der Waals surface area contributed by atoms with E-state index < -0.39 is 17.0 Å². The number of ether oxygens (including phenoxy) is 1. The van der Waals surface area contributed by atoms with Crippen LogP contribution in [0.4, 0.5) is 10.1 Å². The number of hydrogen-bond donors (Lipinski definition) is 1. The van der Waals surface area contributed by atoms with Crippen LogP contribution in [0.15, 0.2) is 47.4 Å². The van der Waals surface area contributed by atoms with E-state index >= 15 is 0 Å². The Kier molecular flexibility index (Phi) is 8.33. The number of halogens is 2. The van der Waals surface area contributed by atoms with Crippen molar-refractivity contribution in [2.45, 2.75) is 37.3 Å². The first-order valence-electron chi connectivity index (χ1n) is 9.00. The molecule has 1 unspecified atom stereocenters. The Balaban J connectivity index is 2.17. The van der Waals surface area contributed by atoms with Gasteiger partial charge in [0.05, 0.1) is 17.3 Å². The maximum atomic E-state index is 14.3. The first-order valence-corrected chi connectivity index (χ1v) is 10.3. The molecule has 2 aromatic carbocycles. The molecule has 150 valence electrons. The van der Waals surface area contributed by atoms with Gasteiger partial charge in [-0.1, -0.05) is 50.6 Å². The van der Waals surface area contributed by atoms with E-state index in [1.807, 2.05) is 20.8 Å². The molecular formula is C21H23ClFNO3S. The molecule has 1 atom stereocenters. The van der Waals surface area contributed by atoms with E-state index in [2.05, 4.69) is 5.32 Å². The lowest BCUT2D eigenvalue weighted by Crippen LogP contribution is -2.21. The standard InChI is InChI=1S/C21H23ClFNO3S/c1-4-18(21(26)27-12-13(2)3)28-19-11-17(16(23)10-15(19)22)24-20(25)14-8-6-5-7-9-14/h5-11,13,18H,4,12H2,1-3H3,(H,24,25). The fourth-order valence-electron chi connectivity index (χ4n) is 2.29. The minimum Gasteiger partial charge on any atom is -0.465 e. The summed E-state index contributed by atoms with van der Waals surface area (Å²) in [6.07, 6.45) is 0.529. The highest BCUT2D eigenvalue weighted by Crippen LogP contribution is 2.36. The minimum atomic E-state index is -0.644. The van der Waals surface area contributed by atoms with Crippen LogP contribution in [-0.2, 0) is 9.53 Å². The topological polar surface area (TPSA) is 55.4 Å². The summed E-state index contributed by atoms with van der Waals surface area (Å²) in [6, 6.07) is 11.1. The van der Waals surface area contributed by atoms with Crippen LogP contribution < -0.4 is 5.32 Å². The summed E-state index contributed by atoms with van der Waals surface area (Å²) in [5.41, 5.74) is 0.418.